The summed E-state index contributed by atoms with van der Waals surface area (Å²) < 4.78 is 19.5. The third kappa shape index (κ3) is 5.63. The molecule has 0 saturated carbocycles. The van der Waals surface area contributed by atoms with Crippen LogP contribution >= 0.6 is 0 Å². The summed E-state index contributed by atoms with van der Waals surface area (Å²) in [7, 11) is 0. The molecule has 1 aliphatic rings. The number of hydrogen-bond acceptors (Lipinski definition) is 4. The maximum Gasteiger partial charge on any atom is 0.132 e. The standard InChI is InChI=1S/C30H37NO3/c1-20(2)33-28-26-17-25(31-18-23-13-11-21(3)12-14-23)15-16-27(26)34-30(5,6)29(28)32-19-24-10-8-7-9-22(24)4/h7-17,20,28-29,31H,18-19H2,1-6H3. The number of anilines is 1. The zero-order valence-electron chi connectivity index (χ0n) is 21.2. The molecule has 0 amide bonds. The summed E-state index contributed by atoms with van der Waals surface area (Å²) in [6.45, 7) is 13.8. The van der Waals surface area contributed by atoms with Gasteiger partial charge in [-0.3, -0.25) is 0 Å². The van der Waals surface area contributed by atoms with Crippen LogP contribution in [0.2, 0.25) is 0 Å². The van der Waals surface area contributed by atoms with Gasteiger partial charge in [-0.2, -0.15) is 0 Å². The number of ether oxygens (including phenoxy) is 3. The number of fused-ring (bicyclic) bond motifs is 1. The number of aryl methyl sites for hydroxylation is 2. The lowest BCUT2D eigenvalue weighted by Gasteiger charge is -2.45. The molecule has 0 fully saturated rings. The van der Waals surface area contributed by atoms with E-state index < -0.39 is 5.60 Å². The van der Waals surface area contributed by atoms with Crippen molar-refractivity contribution in [2.45, 2.75) is 78.6 Å². The Labute approximate surface area is 204 Å². The van der Waals surface area contributed by atoms with Crippen molar-refractivity contribution in [1.82, 2.24) is 0 Å². The topological polar surface area (TPSA) is 39.7 Å². The van der Waals surface area contributed by atoms with E-state index in [1.165, 1.54) is 22.3 Å². The minimum absolute atomic E-state index is 0.0560. The van der Waals surface area contributed by atoms with Crippen molar-refractivity contribution in [3.8, 4) is 5.75 Å². The molecule has 1 aliphatic heterocycles. The molecule has 4 rings (SSSR count). The second-order valence-corrected chi connectivity index (χ2v) is 10.1. The molecule has 0 bridgehead atoms. The molecule has 2 unspecified atom stereocenters. The number of hydrogen-bond donors (Lipinski definition) is 1. The van der Waals surface area contributed by atoms with E-state index in [4.69, 9.17) is 14.2 Å². The molecule has 0 spiro atoms. The van der Waals surface area contributed by atoms with Gasteiger partial charge in [0.25, 0.3) is 0 Å². The fraction of sp³-hybridized carbons (Fsp3) is 0.400. The van der Waals surface area contributed by atoms with E-state index in [2.05, 4.69) is 108 Å². The zero-order chi connectivity index (χ0) is 24.3. The highest BCUT2D eigenvalue weighted by atomic mass is 16.6. The van der Waals surface area contributed by atoms with Gasteiger partial charge >= 0.3 is 0 Å². The largest absolute Gasteiger partial charge is 0.485 e. The number of benzene rings is 3. The molecule has 34 heavy (non-hydrogen) atoms. The lowest BCUT2D eigenvalue weighted by atomic mass is 9.87. The van der Waals surface area contributed by atoms with E-state index in [9.17, 15) is 0 Å². The van der Waals surface area contributed by atoms with Crippen LogP contribution in [-0.2, 0) is 22.6 Å². The minimum Gasteiger partial charge on any atom is -0.485 e. The van der Waals surface area contributed by atoms with Crippen LogP contribution < -0.4 is 10.1 Å². The Morgan fingerprint density at radius 3 is 2.41 bits per heavy atom. The lowest BCUT2D eigenvalue weighted by Crippen LogP contribution is -2.51. The van der Waals surface area contributed by atoms with E-state index in [1.807, 2.05) is 6.07 Å². The van der Waals surface area contributed by atoms with Crippen molar-refractivity contribution in [2.24, 2.45) is 0 Å². The highest BCUT2D eigenvalue weighted by molar-refractivity contribution is 5.54. The van der Waals surface area contributed by atoms with E-state index >= 15 is 0 Å². The smallest absolute Gasteiger partial charge is 0.132 e. The average Bonchev–Trinajstić information content (AvgIpc) is 2.79. The summed E-state index contributed by atoms with van der Waals surface area (Å²) in [5.41, 5.74) is 6.45. The molecule has 0 saturated heterocycles. The van der Waals surface area contributed by atoms with Crippen molar-refractivity contribution >= 4 is 5.69 Å². The van der Waals surface area contributed by atoms with E-state index in [1.54, 1.807) is 0 Å². The molecule has 1 heterocycles. The fourth-order valence-electron chi connectivity index (χ4n) is 4.43. The summed E-state index contributed by atoms with van der Waals surface area (Å²) in [5, 5.41) is 3.55. The van der Waals surface area contributed by atoms with Gasteiger partial charge in [-0.25, -0.2) is 0 Å². The minimum atomic E-state index is -0.536. The Hall–Kier alpha value is -2.82. The van der Waals surface area contributed by atoms with Crippen LogP contribution in [0.3, 0.4) is 0 Å². The first-order chi connectivity index (χ1) is 16.2. The highest BCUT2D eigenvalue weighted by Crippen LogP contribution is 2.45. The monoisotopic (exact) mass is 459 g/mol. The van der Waals surface area contributed by atoms with Gasteiger partial charge in [0, 0.05) is 17.8 Å². The maximum absolute atomic E-state index is 6.55. The van der Waals surface area contributed by atoms with Gasteiger partial charge in [-0.1, -0.05) is 54.1 Å². The van der Waals surface area contributed by atoms with Crippen molar-refractivity contribution in [3.05, 3.63) is 94.5 Å². The maximum atomic E-state index is 6.55. The van der Waals surface area contributed by atoms with Crippen LogP contribution in [0.1, 0.15) is 61.6 Å². The average molecular weight is 460 g/mol. The summed E-state index contributed by atoms with van der Waals surface area (Å²) in [4.78, 5) is 0. The molecule has 2 atom stereocenters. The van der Waals surface area contributed by atoms with Crippen molar-refractivity contribution in [1.29, 1.82) is 0 Å². The van der Waals surface area contributed by atoms with E-state index in [0.717, 1.165) is 23.5 Å². The molecule has 3 aromatic carbocycles. The van der Waals surface area contributed by atoms with Crippen LogP contribution in [0, 0.1) is 13.8 Å². The molecule has 0 aliphatic carbocycles. The molecule has 0 radical (unpaired) electrons. The van der Waals surface area contributed by atoms with E-state index in [0.29, 0.717) is 6.61 Å². The zero-order valence-corrected chi connectivity index (χ0v) is 21.2. The SMILES string of the molecule is Cc1ccc(CNc2ccc3c(c2)C(OC(C)C)C(OCc2ccccc2C)C(C)(C)O3)cc1. The van der Waals surface area contributed by atoms with Crippen LogP contribution in [0.15, 0.2) is 66.7 Å². The molecule has 180 valence electrons. The Morgan fingerprint density at radius 2 is 1.71 bits per heavy atom. The molecule has 0 aromatic heterocycles. The summed E-state index contributed by atoms with van der Waals surface area (Å²) in [6.07, 6.45) is -0.432. The van der Waals surface area contributed by atoms with Crippen LogP contribution in [0.4, 0.5) is 5.69 Å². The normalized spacial score (nSPS) is 18.9. The molecule has 4 heteroatoms. The van der Waals surface area contributed by atoms with Gasteiger partial charge in [0.15, 0.2) is 0 Å². The quantitative estimate of drug-likeness (QED) is 0.389. The van der Waals surface area contributed by atoms with Crippen LogP contribution in [-0.4, -0.2) is 17.8 Å². The number of rotatable bonds is 8. The van der Waals surface area contributed by atoms with Crippen molar-refractivity contribution < 1.29 is 14.2 Å². The molecular weight excluding hydrogens is 422 g/mol. The lowest BCUT2D eigenvalue weighted by molar-refractivity contribution is -0.177. The second kappa shape index (κ2) is 10.2. The summed E-state index contributed by atoms with van der Waals surface area (Å²) in [6, 6.07) is 23.2. The van der Waals surface area contributed by atoms with Gasteiger partial charge in [-0.05, 0) is 76.4 Å². The highest BCUT2D eigenvalue weighted by Gasteiger charge is 2.46. The Bertz CT molecular complexity index is 1100. The first kappa shape index (κ1) is 24.3. The third-order valence-electron chi connectivity index (χ3n) is 6.37. The fourth-order valence-corrected chi connectivity index (χ4v) is 4.43. The van der Waals surface area contributed by atoms with Gasteiger partial charge in [-0.15, -0.1) is 0 Å². The predicted molar refractivity (Wildman–Crippen MR) is 138 cm³/mol. The van der Waals surface area contributed by atoms with Crippen LogP contribution in [0.25, 0.3) is 0 Å². The molecule has 4 nitrogen and oxygen atoms in total. The number of nitrogens with one attached hydrogen (secondary N) is 1. The van der Waals surface area contributed by atoms with Crippen molar-refractivity contribution in [2.75, 3.05) is 5.32 Å². The van der Waals surface area contributed by atoms with Gasteiger partial charge in [0.05, 0.1) is 12.7 Å². The van der Waals surface area contributed by atoms with Gasteiger partial charge in [0.2, 0.25) is 0 Å². The van der Waals surface area contributed by atoms with E-state index in [-0.39, 0.29) is 18.3 Å². The molecular formula is C30H37NO3. The third-order valence-corrected chi connectivity index (χ3v) is 6.37. The second-order valence-electron chi connectivity index (χ2n) is 10.1. The predicted octanol–water partition coefficient (Wildman–Crippen LogP) is 7.14. The van der Waals surface area contributed by atoms with Crippen LogP contribution in [0.5, 0.6) is 5.75 Å². The Morgan fingerprint density at radius 1 is 0.971 bits per heavy atom. The first-order valence-electron chi connectivity index (χ1n) is 12.2. The molecule has 1 N–H and O–H groups in total. The summed E-state index contributed by atoms with van der Waals surface area (Å²) >= 11 is 0. The van der Waals surface area contributed by atoms with Gasteiger partial charge < -0.3 is 19.5 Å². The molecule has 3 aromatic rings. The van der Waals surface area contributed by atoms with Gasteiger partial charge in [0.1, 0.15) is 23.6 Å². The Balaban J connectivity index is 1.59. The summed E-state index contributed by atoms with van der Waals surface area (Å²) in [5.74, 6) is 0.854. The first-order valence-corrected chi connectivity index (χ1v) is 12.2. The van der Waals surface area contributed by atoms with Crippen molar-refractivity contribution in [3.63, 3.8) is 0 Å². The Kier molecular flexibility index (Phi) is 7.30.